The number of hydrogen-bond donors (Lipinski definition) is 3. The van der Waals surface area contributed by atoms with Crippen LogP contribution in [0.15, 0.2) is 24.7 Å². The van der Waals surface area contributed by atoms with Crippen LogP contribution in [0.2, 0.25) is 5.02 Å². The molecule has 0 aromatic carbocycles. The number of aromatic amines is 1. The van der Waals surface area contributed by atoms with Crippen molar-refractivity contribution in [2.75, 3.05) is 5.32 Å². The quantitative estimate of drug-likeness (QED) is 0.617. The molecule has 4 rings (SSSR count). The molecule has 2 atom stereocenters. The van der Waals surface area contributed by atoms with E-state index in [0.29, 0.717) is 28.5 Å². The van der Waals surface area contributed by atoms with Crippen LogP contribution in [-0.4, -0.2) is 31.9 Å². The summed E-state index contributed by atoms with van der Waals surface area (Å²) in [5.74, 6) is -0.419. The Hall–Kier alpha value is -2.74. The first-order valence-electron chi connectivity index (χ1n) is 9.08. The van der Waals surface area contributed by atoms with E-state index in [2.05, 4.69) is 25.3 Å². The lowest BCUT2D eigenvalue weighted by atomic mass is 9.73. The molecule has 1 saturated carbocycles. The highest BCUT2D eigenvalue weighted by atomic mass is 35.5. The number of amides is 1. The van der Waals surface area contributed by atoms with Crippen molar-refractivity contribution in [2.45, 2.75) is 38.6 Å². The molecule has 146 valence electrons. The fourth-order valence-corrected chi connectivity index (χ4v) is 3.95. The Bertz CT molecular complexity index is 1050. The van der Waals surface area contributed by atoms with Gasteiger partial charge in [0, 0.05) is 34.8 Å². The SMILES string of the molecule is C[C@@]1(C(N)=O)CCCC(Nc2nc(-c3c[nH]c4ncc(Cl)cc34)ncc2F)C1. The second-order valence-corrected chi connectivity index (χ2v) is 7.94. The van der Waals surface area contributed by atoms with E-state index in [1.54, 1.807) is 18.5 Å². The minimum atomic E-state index is -0.596. The largest absolute Gasteiger partial charge is 0.369 e. The number of H-pyrrole nitrogens is 1. The van der Waals surface area contributed by atoms with Crippen LogP contribution >= 0.6 is 11.6 Å². The van der Waals surface area contributed by atoms with E-state index in [4.69, 9.17) is 17.3 Å². The van der Waals surface area contributed by atoms with Gasteiger partial charge in [-0.05, 0) is 25.3 Å². The number of primary amides is 1. The third-order valence-electron chi connectivity index (χ3n) is 5.40. The van der Waals surface area contributed by atoms with Crippen molar-refractivity contribution in [2.24, 2.45) is 11.1 Å². The fourth-order valence-electron chi connectivity index (χ4n) is 3.79. The van der Waals surface area contributed by atoms with Gasteiger partial charge in [-0.1, -0.05) is 24.9 Å². The molecule has 0 saturated heterocycles. The Labute approximate surface area is 165 Å². The predicted octanol–water partition coefficient (Wildman–Crippen LogP) is 3.66. The topological polar surface area (TPSA) is 110 Å². The Morgan fingerprint density at radius 3 is 3.04 bits per heavy atom. The molecule has 7 nitrogen and oxygen atoms in total. The molecule has 1 unspecified atom stereocenters. The summed E-state index contributed by atoms with van der Waals surface area (Å²) in [5, 5.41) is 4.38. The zero-order valence-electron chi connectivity index (χ0n) is 15.3. The maximum Gasteiger partial charge on any atom is 0.223 e. The van der Waals surface area contributed by atoms with E-state index < -0.39 is 11.2 Å². The van der Waals surface area contributed by atoms with Gasteiger partial charge < -0.3 is 16.0 Å². The molecule has 0 spiro atoms. The minimum Gasteiger partial charge on any atom is -0.369 e. The molecule has 1 aliphatic carbocycles. The number of carbonyl (C=O) groups excluding carboxylic acids is 1. The number of anilines is 1. The average Bonchev–Trinajstić information content (AvgIpc) is 3.06. The van der Waals surface area contributed by atoms with Crippen molar-refractivity contribution in [1.29, 1.82) is 0 Å². The van der Waals surface area contributed by atoms with Crippen LogP contribution in [0.4, 0.5) is 10.2 Å². The standard InChI is InChI=1S/C19H20ClFN6O/c1-19(18(22)28)4-2-3-11(6-19)26-17-14(21)9-25-16(27-17)13-8-24-15-12(13)5-10(20)7-23-15/h5,7-9,11H,2-4,6H2,1H3,(H2,22,28)(H,23,24)(H,25,26,27)/t11?,19-/m1/s1. The van der Waals surface area contributed by atoms with Crippen LogP contribution in [0.3, 0.4) is 0 Å². The molecule has 1 aliphatic rings. The summed E-state index contributed by atoms with van der Waals surface area (Å²) in [4.78, 5) is 27.5. The number of nitrogens with one attached hydrogen (secondary N) is 2. The number of aromatic nitrogens is 4. The summed E-state index contributed by atoms with van der Waals surface area (Å²) in [5.41, 5.74) is 6.28. The smallest absolute Gasteiger partial charge is 0.223 e. The molecule has 3 aromatic heterocycles. The van der Waals surface area contributed by atoms with Crippen molar-refractivity contribution < 1.29 is 9.18 Å². The van der Waals surface area contributed by atoms with Crippen LogP contribution in [0.5, 0.6) is 0 Å². The second-order valence-electron chi connectivity index (χ2n) is 7.50. The van der Waals surface area contributed by atoms with E-state index in [0.717, 1.165) is 30.8 Å². The molecule has 4 N–H and O–H groups in total. The summed E-state index contributed by atoms with van der Waals surface area (Å²) >= 11 is 6.05. The molecule has 3 heterocycles. The van der Waals surface area contributed by atoms with Gasteiger partial charge in [0.1, 0.15) is 5.65 Å². The summed E-state index contributed by atoms with van der Waals surface area (Å²) in [7, 11) is 0. The summed E-state index contributed by atoms with van der Waals surface area (Å²) in [6.07, 6.45) is 7.32. The first-order chi connectivity index (χ1) is 13.4. The van der Waals surface area contributed by atoms with Gasteiger partial charge in [0.2, 0.25) is 5.91 Å². The number of fused-ring (bicyclic) bond motifs is 1. The Kier molecular flexibility index (Phi) is 4.66. The number of nitrogens with two attached hydrogens (primary N) is 1. The van der Waals surface area contributed by atoms with Crippen molar-refractivity contribution >= 4 is 34.4 Å². The molecule has 0 aliphatic heterocycles. The van der Waals surface area contributed by atoms with Gasteiger partial charge in [0.05, 0.1) is 11.2 Å². The molecule has 3 aromatic rings. The van der Waals surface area contributed by atoms with Crippen LogP contribution in [0, 0.1) is 11.2 Å². The lowest BCUT2D eigenvalue weighted by molar-refractivity contribution is -0.128. The number of carbonyl (C=O) groups is 1. The average molecular weight is 403 g/mol. The van der Waals surface area contributed by atoms with Gasteiger partial charge in [0.15, 0.2) is 17.5 Å². The molecule has 0 bridgehead atoms. The third-order valence-corrected chi connectivity index (χ3v) is 5.60. The number of nitrogens with zero attached hydrogens (tertiary/aromatic N) is 3. The predicted molar refractivity (Wildman–Crippen MR) is 105 cm³/mol. The van der Waals surface area contributed by atoms with E-state index in [1.807, 2.05) is 6.92 Å². The number of halogens is 2. The van der Waals surface area contributed by atoms with Crippen LogP contribution in [-0.2, 0) is 4.79 Å². The Morgan fingerprint density at radius 1 is 1.43 bits per heavy atom. The van der Waals surface area contributed by atoms with Gasteiger partial charge in [0.25, 0.3) is 0 Å². The van der Waals surface area contributed by atoms with Crippen molar-refractivity contribution in [3.8, 4) is 11.4 Å². The zero-order chi connectivity index (χ0) is 19.9. The van der Waals surface area contributed by atoms with Gasteiger partial charge in [-0.25, -0.2) is 19.3 Å². The van der Waals surface area contributed by atoms with Crippen LogP contribution in [0.25, 0.3) is 22.4 Å². The molecular weight excluding hydrogens is 383 g/mol. The highest BCUT2D eigenvalue weighted by molar-refractivity contribution is 6.31. The first kappa shape index (κ1) is 18.6. The highest BCUT2D eigenvalue weighted by Gasteiger charge is 2.37. The monoisotopic (exact) mass is 402 g/mol. The van der Waals surface area contributed by atoms with Gasteiger partial charge in [-0.2, -0.15) is 0 Å². The Morgan fingerprint density at radius 2 is 2.25 bits per heavy atom. The zero-order valence-corrected chi connectivity index (χ0v) is 16.1. The van der Waals surface area contributed by atoms with Crippen LogP contribution in [0.1, 0.15) is 32.6 Å². The van der Waals surface area contributed by atoms with E-state index >= 15 is 0 Å². The minimum absolute atomic E-state index is 0.0948. The van der Waals surface area contributed by atoms with Gasteiger partial charge in [-0.15, -0.1) is 0 Å². The summed E-state index contributed by atoms with van der Waals surface area (Å²) in [6, 6.07) is 1.66. The molecule has 0 radical (unpaired) electrons. The van der Waals surface area contributed by atoms with Gasteiger partial charge >= 0.3 is 0 Å². The number of rotatable bonds is 4. The van der Waals surface area contributed by atoms with Crippen molar-refractivity contribution in [3.05, 3.63) is 35.5 Å². The number of pyridine rings is 1. The molecule has 28 heavy (non-hydrogen) atoms. The molecule has 9 heteroatoms. The van der Waals surface area contributed by atoms with E-state index in [1.165, 1.54) is 0 Å². The molecule has 1 fully saturated rings. The highest BCUT2D eigenvalue weighted by Crippen LogP contribution is 2.37. The van der Waals surface area contributed by atoms with E-state index in [-0.39, 0.29) is 17.8 Å². The fraction of sp³-hybridized carbons (Fsp3) is 0.368. The van der Waals surface area contributed by atoms with Crippen LogP contribution < -0.4 is 11.1 Å². The van der Waals surface area contributed by atoms with E-state index in [9.17, 15) is 9.18 Å². The van der Waals surface area contributed by atoms with Crippen molar-refractivity contribution in [1.82, 2.24) is 19.9 Å². The molecule has 1 amide bonds. The summed E-state index contributed by atoms with van der Waals surface area (Å²) in [6.45, 7) is 1.85. The van der Waals surface area contributed by atoms with Crippen molar-refractivity contribution in [3.63, 3.8) is 0 Å². The first-order valence-corrected chi connectivity index (χ1v) is 9.45. The lowest BCUT2D eigenvalue weighted by Crippen LogP contribution is -2.42. The maximum absolute atomic E-state index is 14.4. The Balaban J connectivity index is 1.64. The normalized spacial score (nSPS) is 22.3. The second kappa shape index (κ2) is 7.01. The van der Waals surface area contributed by atoms with Gasteiger partial charge in [-0.3, -0.25) is 4.79 Å². The lowest BCUT2D eigenvalue weighted by Gasteiger charge is -2.36. The third kappa shape index (κ3) is 3.40. The molecular formula is C19H20ClFN6O. The summed E-state index contributed by atoms with van der Waals surface area (Å²) < 4.78 is 14.4. The maximum atomic E-state index is 14.4. The number of hydrogen-bond acceptors (Lipinski definition) is 5.